The van der Waals surface area contributed by atoms with Crippen LogP contribution in [0.3, 0.4) is 0 Å². The van der Waals surface area contributed by atoms with Gasteiger partial charge in [-0.15, -0.1) is 45.3 Å². The summed E-state index contributed by atoms with van der Waals surface area (Å²) in [6.45, 7) is 0. The van der Waals surface area contributed by atoms with E-state index in [0.717, 1.165) is 0 Å². The molecular weight excluding hydrogens is 657 g/mol. The second-order valence-corrected chi connectivity index (χ2v) is 17.0. The molecule has 4 heteroatoms. The van der Waals surface area contributed by atoms with Gasteiger partial charge in [0.2, 0.25) is 0 Å². The van der Waals surface area contributed by atoms with Crippen molar-refractivity contribution in [3.8, 4) is 32.0 Å². The molecule has 0 saturated carbocycles. The van der Waals surface area contributed by atoms with Crippen molar-refractivity contribution in [2.75, 3.05) is 0 Å². The maximum Gasteiger partial charge on any atom is 0.0454 e. The molecule has 10 aromatic rings. The Bertz CT molecular complexity index is 2950. The van der Waals surface area contributed by atoms with Crippen LogP contribution in [0, 0.1) is 0 Å². The lowest BCUT2D eigenvalue weighted by molar-refractivity contribution is 1.79. The van der Waals surface area contributed by atoms with Crippen LogP contribution in [0.15, 0.2) is 133 Å². The number of benzene rings is 8. The zero-order chi connectivity index (χ0) is 31.1. The monoisotopic (exact) mass is 678 g/mol. The quantitative estimate of drug-likeness (QED) is 0.126. The highest BCUT2D eigenvalue weighted by molar-refractivity contribution is 7.29. The molecule has 48 heavy (non-hydrogen) atoms. The Morgan fingerprint density at radius 1 is 0.292 bits per heavy atom. The van der Waals surface area contributed by atoms with Gasteiger partial charge in [0.25, 0.3) is 0 Å². The van der Waals surface area contributed by atoms with E-state index in [1.807, 2.05) is 45.3 Å². The van der Waals surface area contributed by atoms with Gasteiger partial charge in [0.1, 0.15) is 0 Å². The van der Waals surface area contributed by atoms with Crippen LogP contribution >= 0.6 is 45.3 Å². The summed E-state index contributed by atoms with van der Waals surface area (Å²) >= 11 is 7.80. The van der Waals surface area contributed by atoms with Crippen molar-refractivity contribution in [3.63, 3.8) is 0 Å². The van der Waals surface area contributed by atoms with Crippen molar-refractivity contribution in [2.45, 2.75) is 0 Å². The highest BCUT2D eigenvalue weighted by Gasteiger charge is 2.28. The lowest BCUT2D eigenvalue weighted by Gasteiger charge is -2.24. The van der Waals surface area contributed by atoms with E-state index in [-0.39, 0.29) is 0 Å². The average Bonchev–Trinajstić information content (AvgIpc) is 3.76. The Balaban J connectivity index is 1.31. The molecule has 8 aromatic carbocycles. The van der Waals surface area contributed by atoms with Crippen LogP contribution < -0.4 is 0 Å². The molecular formula is C44H22S4. The first-order valence-electron chi connectivity index (χ1n) is 16.2. The van der Waals surface area contributed by atoms with Crippen molar-refractivity contribution >= 4 is 127 Å². The van der Waals surface area contributed by atoms with E-state index < -0.39 is 0 Å². The number of fused-ring (bicyclic) bond motifs is 6. The summed E-state index contributed by atoms with van der Waals surface area (Å²) in [5, 5.41) is 13.5. The van der Waals surface area contributed by atoms with Gasteiger partial charge in [-0.2, -0.15) is 0 Å². The first-order chi connectivity index (χ1) is 23.8. The minimum atomic E-state index is 1.32. The molecule has 0 fully saturated rings. The van der Waals surface area contributed by atoms with E-state index in [1.54, 1.807) is 0 Å². The summed E-state index contributed by atoms with van der Waals surface area (Å²) in [5.74, 6) is 0. The summed E-state index contributed by atoms with van der Waals surface area (Å²) in [7, 11) is 0. The average molecular weight is 679 g/mol. The Morgan fingerprint density at radius 2 is 0.708 bits per heavy atom. The zero-order valence-corrected chi connectivity index (χ0v) is 28.6. The highest BCUT2D eigenvalue weighted by Crippen LogP contribution is 2.58. The summed E-state index contributed by atoms with van der Waals surface area (Å²) < 4.78 is 8.20. The molecule has 0 aliphatic carbocycles. The van der Waals surface area contributed by atoms with Crippen LogP contribution in [-0.4, -0.2) is 0 Å². The van der Waals surface area contributed by atoms with Crippen LogP contribution in [0.5, 0.6) is 0 Å². The fourth-order valence-electron chi connectivity index (χ4n) is 8.24. The van der Waals surface area contributed by atoms with E-state index in [4.69, 9.17) is 0 Å². The molecule has 0 spiro atoms. The molecule has 4 heterocycles. The first-order valence-corrected chi connectivity index (χ1v) is 19.4. The summed E-state index contributed by atoms with van der Waals surface area (Å²) in [5.41, 5.74) is 5.60. The molecule has 222 valence electrons. The van der Waals surface area contributed by atoms with E-state index in [9.17, 15) is 0 Å². The highest BCUT2D eigenvalue weighted by atomic mass is 32.1. The van der Waals surface area contributed by atoms with E-state index >= 15 is 0 Å². The van der Waals surface area contributed by atoms with Crippen LogP contribution in [0.4, 0.5) is 0 Å². The third-order valence-corrected chi connectivity index (χ3v) is 14.8. The molecule has 0 atom stereocenters. The Kier molecular flexibility index (Phi) is 5.12. The topological polar surface area (TPSA) is 0 Å². The molecule has 0 bridgehead atoms. The van der Waals surface area contributed by atoms with Crippen LogP contribution in [0.1, 0.15) is 0 Å². The van der Waals surface area contributed by atoms with E-state index in [2.05, 4.69) is 133 Å². The predicted octanol–water partition coefficient (Wildman–Crippen LogP) is 15.0. The summed E-state index contributed by atoms with van der Waals surface area (Å²) in [4.78, 5) is 2.70. The third-order valence-electron chi connectivity index (χ3n) is 10.2. The van der Waals surface area contributed by atoms with Crippen LogP contribution in [0.2, 0.25) is 0 Å². The zero-order valence-electron chi connectivity index (χ0n) is 25.3. The molecule has 0 amide bonds. The Morgan fingerprint density at radius 3 is 1.17 bits per heavy atom. The van der Waals surface area contributed by atoms with Gasteiger partial charge in [-0.3, -0.25) is 0 Å². The van der Waals surface area contributed by atoms with Crippen molar-refractivity contribution in [3.05, 3.63) is 133 Å². The maximum absolute atomic E-state index is 2.41. The van der Waals surface area contributed by atoms with Crippen LogP contribution in [-0.2, 0) is 0 Å². The molecule has 0 radical (unpaired) electrons. The molecule has 2 aliphatic heterocycles. The molecule has 12 rings (SSSR count). The Labute approximate surface area is 291 Å². The van der Waals surface area contributed by atoms with Crippen molar-refractivity contribution in [2.24, 2.45) is 0 Å². The fourth-order valence-corrected chi connectivity index (χ4v) is 13.2. The number of rotatable bonds is 2. The van der Waals surface area contributed by atoms with Crippen molar-refractivity contribution < 1.29 is 0 Å². The second kappa shape index (κ2) is 9.40. The van der Waals surface area contributed by atoms with Crippen molar-refractivity contribution in [1.29, 1.82) is 0 Å². The predicted molar refractivity (Wildman–Crippen MR) is 217 cm³/mol. The maximum atomic E-state index is 2.41. The fraction of sp³-hybridized carbons (Fsp3) is 0. The molecule has 2 aliphatic rings. The van der Waals surface area contributed by atoms with Gasteiger partial charge in [-0.05, 0) is 79.5 Å². The van der Waals surface area contributed by atoms with Gasteiger partial charge < -0.3 is 0 Å². The molecule has 0 nitrogen and oxygen atoms in total. The first kappa shape index (κ1) is 26.2. The van der Waals surface area contributed by atoms with Gasteiger partial charge in [0.05, 0.1) is 0 Å². The van der Waals surface area contributed by atoms with Gasteiger partial charge >= 0.3 is 0 Å². The molecule has 2 aromatic heterocycles. The lowest BCUT2D eigenvalue weighted by atomic mass is 9.87. The normalized spacial score (nSPS) is 12.6. The minimum absolute atomic E-state index is 1.32. The SMILES string of the molecule is c1ccc2sc(-c3c4ccccc4c4ccc5sc6c(-c7cc8ccccc8s7)c7ccccc7c7ccc8sc3c4c5-c8c67)cc2c1. The summed E-state index contributed by atoms with van der Waals surface area (Å²) in [6, 6.07) is 50.2. The minimum Gasteiger partial charge on any atom is -0.135 e. The second-order valence-electron chi connectivity index (χ2n) is 12.7. The standard InChI is InChI=1S/C44H22S4/c1-7-15-31-23(9-1)21-35(45-31)37-27-13-5-3-11-25(27)29-17-20-34-41-39(29)43(37)47-33-19-18-30-26-12-4-6-14-28(26)38(44(48-34)40(30)42(33)41)36-22-24-10-2-8-16-32(24)46-36/h1-22H. The Hall–Kier alpha value is -4.84. The smallest absolute Gasteiger partial charge is 0.0454 e. The third kappa shape index (κ3) is 3.33. The lowest BCUT2D eigenvalue weighted by Crippen LogP contribution is -1.95. The summed E-state index contributed by atoms with van der Waals surface area (Å²) in [6.07, 6.45) is 0. The largest absolute Gasteiger partial charge is 0.135 e. The van der Waals surface area contributed by atoms with Gasteiger partial charge in [-0.1, -0.05) is 97.1 Å². The van der Waals surface area contributed by atoms with E-state index in [0.29, 0.717) is 0 Å². The molecule has 0 N–H and O–H groups in total. The number of hydrogen-bond donors (Lipinski definition) is 0. The van der Waals surface area contributed by atoms with Gasteiger partial charge in [0, 0.05) is 71.0 Å². The van der Waals surface area contributed by atoms with Gasteiger partial charge in [-0.25, -0.2) is 0 Å². The van der Waals surface area contributed by atoms with Gasteiger partial charge in [0.15, 0.2) is 0 Å². The van der Waals surface area contributed by atoms with E-state index in [1.165, 1.54) is 114 Å². The van der Waals surface area contributed by atoms with Crippen molar-refractivity contribution in [1.82, 2.24) is 0 Å². The molecule has 0 saturated heterocycles. The van der Waals surface area contributed by atoms with Crippen LogP contribution in [0.25, 0.3) is 114 Å². The molecule has 0 unspecified atom stereocenters. The number of hydrogen-bond acceptors (Lipinski definition) is 4. The number of thiophene rings is 2.